The molecule has 0 unspecified atom stereocenters. The first kappa shape index (κ1) is 17.6. The molecule has 0 saturated heterocycles. The Balaban J connectivity index is 2.38. The highest BCUT2D eigenvalue weighted by Crippen LogP contribution is 2.10. The monoisotopic (exact) mass is 326 g/mol. The van der Waals surface area contributed by atoms with Crippen molar-refractivity contribution in [1.82, 2.24) is 19.6 Å². The molecule has 0 saturated carbocycles. The molecule has 0 amide bonds. The molecule has 2 rings (SSSR count). The zero-order valence-corrected chi connectivity index (χ0v) is 14.4. The molecule has 1 aromatic carbocycles. The Morgan fingerprint density at radius 3 is 2.62 bits per heavy atom. The maximum Gasteiger partial charge on any atom is 0.211 e. The number of aromatic nitrogens is 2. The van der Waals surface area contributed by atoms with Crippen molar-refractivity contribution in [2.45, 2.75) is 6.54 Å². The molecule has 6 heteroatoms. The topological polar surface area (TPSA) is 58.4 Å². The van der Waals surface area contributed by atoms with Crippen LogP contribution >= 0.6 is 0 Å². The van der Waals surface area contributed by atoms with Gasteiger partial charge < -0.3 is 9.80 Å². The van der Waals surface area contributed by atoms with Crippen LogP contribution in [0.4, 0.5) is 0 Å². The van der Waals surface area contributed by atoms with E-state index >= 15 is 0 Å². The van der Waals surface area contributed by atoms with E-state index in [4.69, 9.17) is 0 Å². The van der Waals surface area contributed by atoms with Crippen molar-refractivity contribution >= 4 is 5.78 Å². The number of allylic oxidation sites excluding steroid dienone is 1. The Morgan fingerprint density at radius 2 is 1.96 bits per heavy atom. The number of benzene rings is 1. The van der Waals surface area contributed by atoms with Crippen molar-refractivity contribution < 1.29 is 4.79 Å². The van der Waals surface area contributed by atoms with Gasteiger partial charge in [0.15, 0.2) is 5.69 Å². The van der Waals surface area contributed by atoms with E-state index in [0.29, 0.717) is 0 Å². The van der Waals surface area contributed by atoms with Gasteiger partial charge in [0.2, 0.25) is 11.2 Å². The second-order valence-corrected chi connectivity index (χ2v) is 6.02. The number of rotatable bonds is 6. The standard InChI is InChI=1S/C18H22N4O2/c1-20(2)10-8-16(23)18-17(24)9-11-22(19-18)15-7-5-6-14(12-15)13-21(3)4/h5-12H,13H2,1-4H3/b10-8+. The van der Waals surface area contributed by atoms with Crippen molar-refractivity contribution in [3.8, 4) is 5.69 Å². The second-order valence-electron chi connectivity index (χ2n) is 6.02. The molecule has 0 aliphatic carbocycles. The van der Waals surface area contributed by atoms with Gasteiger partial charge in [-0.25, -0.2) is 4.68 Å². The molecule has 0 N–H and O–H groups in total. The van der Waals surface area contributed by atoms with Crippen LogP contribution in [0.25, 0.3) is 5.69 Å². The summed E-state index contributed by atoms with van der Waals surface area (Å²) in [6.07, 6.45) is 4.51. The number of ketones is 1. The Hall–Kier alpha value is -2.73. The van der Waals surface area contributed by atoms with Crippen LogP contribution in [-0.4, -0.2) is 53.6 Å². The Kier molecular flexibility index (Phi) is 5.65. The van der Waals surface area contributed by atoms with Crippen LogP contribution in [0.15, 0.2) is 53.6 Å². The largest absolute Gasteiger partial charge is 0.383 e. The molecule has 24 heavy (non-hydrogen) atoms. The molecule has 0 radical (unpaired) electrons. The summed E-state index contributed by atoms with van der Waals surface area (Å²) in [6.45, 7) is 0.797. The summed E-state index contributed by atoms with van der Waals surface area (Å²) in [7, 11) is 7.60. The quantitative estimate of drug-likeness (QED) is 0.595. The lowest BCUT2D eigenvalue weighted by molar-refractivity contribution is 0.103. The predicted octanol–water partition coefficient (Wildman–Crippen LogP) is 1.55. The van der Waals surface area contributed by atoms with E-state index in [1.54, 1.807) is 36.1 Å². The van der Waals surface area contributed by atoms with Crippen LogP contribution in [-0.2, 0) is 6.54 Å². The molecule has 1 aromatic heterocycles. The van der Waals surface area contributed by atoms with Gasteiger partial charge in [0.1, 0.15) is 0 Å². The Bertz CT molecular complexity index is 807. The molecule has 0 spiro atoms. The smallest absolute Gasteiger partial charge is 0.211 e. The highest BCUT2D eigenvalue weighted by atomic mass is 16.1. The molecule has 0 atom stereocenters. The van der Waals surface area contributed by atoms with Crippen LogP contribution in [0, 0.1) is 0 Å². The van der Waals surface area contributed by atoms with Gasteiger partial charge in [-0.05, 0) is 31.8 Å². The second kappa shape index (κ2) is 7.70. The van der Waals surface area contributed by atoms with Crippen LogP contribution in [0.1, 0.15) is 16.1 Å². The number of nitrogens with zero attached hydrogens (tertiary/aromatic N) is 4. The minimum atomic E-state index is -0.410. The number of hydrogen-bond donors (Lipinski definition) is 0. The fourth-order valence-corrected chi connectivity index (χ4v) is 2.18. The van der Waals surface area contributed by atoms with Crippen molar-refractivity contribution in [2.24, 2.45) is 0 Å². The summed E-state index contributed by atoms with van der Waals surface area (Å²) in [4.78, 5) is 27.9. The lowest BCUT2D eigenvalue weighted by Crippen LogP contribution is -2.20. The molecule has 126 valence electrons. The fraction of sp³-hybridized carbons (Fsp3) is 0.278. The highest BCUT2D eigenvalue weighted by molar-refractivity contribution is 6.02. The zero-order chi connectivity index (χ0) is 17.7. The first-order valence-corrected chi connectivity index (χ1v) is 7.60. The third kappa shape index (κ3) is 4.63. The van der Waals surface area contributed by atoms with E-state index in [9.17, 15) is 9.59 Å². The minimum absolute atomic E-state index is 0.0892. The van der Waals surface area contributed by atoms with E-state index in [0.717, 1.165) is 17.8 Å². The summed E-state index contributed by atoms with van der Waals surface area (Å²) in [6, 6.07) is 9.20. The van der Waals surface area contributed by atoms with Crippen molar-refractivity contribution in [2.75, 3.05) is 28.2 Å². The first-order chi connectivity index (χ1) is 11.4. The average molecular weight is 326 g/mol. The van der Waals surface area contributed by atoms with Gasteiger partial charge in [-0.2, -0.15) is 5.10 Å². The minimum Gasteiger partial charge on any atom is -0.383 e. The van der Waals surface area contributed by atoms with Gasteiger partial charge in [0.25, 0.3) is 0 Å². The van der Waals surface area contributed by atoms with E-state index < -0.39 is 5.78 Å². The molecule has 6 nitrogen and oxygen atoms in total. The molecular formula is C18H22N4O2. The van der Waals surface area contributed by atoms with E-state index in [-0.39, 0.29) is 11.1 Å². The van der Waals surface area contributed by atoms with Crippen molar-refractivity contribution in [3.63, 3.8) is 0 Å². The molecule has 0 fully saturated rings. The third-order valence-corrected chi connectivity index (χ3v) is 3.24. The Labute approximate surface area is 141 Å². The summed E-state index contributed by atoms with van der Waals surface area (Å²) in [5.74, 6) is -0.410. The fourth-order valence-electron chi connectivity index (χ4n) is 2.18. The lowest BCUT2D eigenvalue weighted by Gasteiger charge is -2.12. The normalized spacial score (nSPS) is 11.2. The summed E-state index contributed by atoms with van der Waals surface area (Å²) in [5, 5.41) is 4.21. The molecule has 0 aliphatic heterocycles. The van der Waals surface area contributed by atoms with Crippen LogP contribution in [0.3, 0.4) is 0 Å². The number of carbonyl (C=O) groups is 1. The SMILES string of the molecule is CN(C)/C=C/C(=O)c1nn(-c2cccc(CN(C)C)c2)ccc1=O. The van der Waals surface area contributed by atoms with Gasteiger partial charge >= 0.3 is 0 Å². The number of carbonyl (C=O) groups excluding carboxylic acids is 1. The first-order valence-electron chi connectivity index (χ1n) is 7.60. The zero-order valence-electron chi connectivity index (χ0n) is 14.4. The van der Waals surface area contributed by atoms with E-state index in [1.165, 1.54) is 12.1 Å². The van der Waals surface area contributed by atoms with Crippen LogP contribution in [0.2, 0.25) is 0 Å². The van der Waals surface area contributed by atoms with Gasteiger partial charge in [0, 0.05) is 45.2 Å². The highest BCUT2D eigenvalue weighted by Gasteiger charge is 2.11. The molecular weight excluding hydrogens is 304 g/mol. The number of hydrogen-bond acceptors (Lipinski definition) is 5. The van der Waals surface area contributed by atoms with E-state index in [1.807, 2.05) is 38.4 Å². The summed E-state index contributed by atoms with van der Waals surface area (Å²) >= 11 is 0. The molecule has 0 bridgehead atoms. The van der Waals surface area contributed by atoms with Gasteiger partial charge in [-0.3, -0.25) is 9.59 Å². The average Bonchev–Trinajstić information content (AvgIpc) is 2.52. The van der Waals surface area contributed by atoms with Gasteiger partial charge in [0.05, 0.1) is 5.69 Å². The molecule has 0 aliphatic rings. The maximum absolute atomic E-state index is 12.2. The predicted molar refractivity (Wildman–Crippen MR) is 94.4 cm³/mol. The van der Waals surface area contributed by atoms with Gasteiger partial charge in [-0.15, -0.1) is 0 Å². The van der Waals surface area contributed by atoms with Crippen molar-refractivity contribution in [1.29, 1.82) is 0 Å². The lowest BCUT2D eigenvalue weighted by atomic mass is 10.2. The maximum atomic E-state index is 12.2. The third-order valence-electron chi connectivity index (χ3n) is 3.24. The van der Waals surface area contributed by atoms with Crippen molar-refractivity contribution in [3.05, 3.63) is 70.3 Å². The van der Waals surface area contributed by atoms with E-state index in [2.05, 4.69) is 10.00 Å². The summed E-state index contributed by atoms with van der Waals surface area (Å²) in [5.41, 5.74) is 1.45. The molecule has 2 aromatic rings. The Morgan fingerprint density at radius 1 is 1.21 bits per heavy atom. The molecule has 1 heterocycles. The van der Waals surface area contributed by atoms with Crippen LogP contribution in [0.5, 0.6) is 0 Å². The summed E-state index contributed by atoms with van der Waals surface area (Å²) < 4.78 is 1.55. The van der Waals surface area contributed by atoms with Crippen LogP contribution < -0.4 is 5.43 Å². The van der Waals surface area contributed by atoms with Gasteiger partial charge in [-0.1, -0.05) is 12.1 Å².